The zero-order chi connectivity index (χ0) is 28.4. The van der Waals surface area contributed by atoms with Crippen molar-refractivity contribution in [2.24, 2.45) is 0 Å². The van der Waals surface area contributed by atoms with Crippen molar-refractivity contribution in [3.8, 4) is 23.3 Å². The summed E-state index contributed by atoms with van der Waals surface area (Å²) in [6.07, 6.45) is 0.0620. The van der Waals surface area contributed by atoms with Crippen LogP contribution in [-0.4, -0.2) is 64.2 Å². The molecule has 3 aromatic rings. The number of fused-ring (bicyclic) bond motifs is 1. The molecule has 0 radical (unpaired) electrons. The molecule has 10 heteroatoms. The van der Waals surface area contributed by atoms with E-state index in [1.807, 2.05) is 19.9 Å². The van der Waals surface area contributed by atoms with Crippen LogP contribution in [0.4, 0.5) is 4.79 Å². The highest BCUT2D eigenvalue weighted by Crippen LogP contribution is 2.32. The molecule has 0 aliphatic heterocycles. The van der Waals surface area contributed by atoms with Gasteiger partial charge in [0, 0.05) is 66.7 Å². The first-order valence-electron chi connectivity index (χ1n) is 12.0. The van der Waals surface area contributed by atoms with Crippen LogP contribution in [-0.2, 0) is 10.2 Å². The fourth-order valence-corrected chi connectivity index (χ4v) is 5.04. The van der Waals surface area contributed by atoms with Gasteiger partial charge in [-0.05, 0) is 25.5 Å². The first-order valence-corrected chi connectivity index (χ1v) is 12.8. The van der Waals surface area contributed by atoms with Gasteiger partial charge in [0.25, 0.3) is 0 Å². The average Bonchev–Trinajstić information content (AvgIpc) is 3.28. The SMILES string of the molecule is C=c1c(C)c(O)c(=C)c(C(C)(C)CC(=O)N(C)CCCN(C)C(=O)Oc2ccc3nc(C#N)sc3c2)c1O. The Morgan fingerprint density at radius 1 is 1.13 bits per heavy atom. The van der Waals surface area contributed by atoms with E-state index in [1.54, 1.807) is 44.1 Å². The van der Waals surface area contributed by atoms with E-state index in [9.17, 15) is 19.8 Å². The predicted octanol–water partition coefficient (Wildman–Crippen LogP) is 3.36. The van der Waals surface area contributed by atoms with Crippen LogP contribution in [0.5, 0.6) is 17.2 Å². The van der Waals surface area contributed by atoms with Crippen LogP contribution >= 0.6 is 11.3 Å². The molecule has 0 saturated heterocycles. The summed E-state index contributed by atoms with van der Waals surface area (Å²) in [5.41, 5.74) is 0.714. The second kappa shape index (κ2) is 11.1. The minimum absolute atomic E-state index is 0.0366. The molecule has 0 bridgehead atoms. The Balaban J connectivity index is 1.55. The van der Waals surface area contributed by atoms with Crippen molar-refractivity contribution >= 4 is 46.7 Å². The van der Waals surface area contributed by atoms with Crippen molar-refractivity contribution in [2.75, 3.05) is 27.2 Å². The molecule has 1 heterocycles. The second-order valence-corrected chi connectivity index (χ2v) is 11.0. The maximum absolute atomic E-state index is 13.0. The van der Waals surface area contributed by atoms with Gasteiger partial charge in [-0.3, -0.25) is 4.79 Å². The number of nitrogens with zero attached hydrogens (tertiary/aromatic N) is 4. The van der Waals surface area contributed by atoms with E-state index in [0.29, 0.717) is 52.1 Å². The molecule has 3 rings (SSSR count). The number of benzene rings is 2. The van der Waals surface area contributed by atoms with Crippen LogP contribution in [0.25, 0.3) is 23.4 Å². The zero-order valence-corrected chi connectivity index (χ0v) is 23.1. The molecule has 2 N–H and O–H groups in total. The zero-order valence-electron chi connectivity index (χ0n) is 22.3. The van der Waals surface area contributed by atoms with Crippen LogP contribution < -0.4 is 15.2 Å². The van der Waals surface area contributed by atoms with Gasteiger partial charge in [-0.25, -0.2) is 9.78 Å². The van der Waals surface area contributed by atoms with Crippen LogP contribution in [0.15, 0.2) is 18.2 Å². The van der Waals surface area contributed by atoms with Gasteiger partial charge in [-0.1, -0.05) is 27.0 Å². The highest BCUT2D eigenvalue weighted by molar-refractivity contribution is 7.19. The summed E-state index contributed by atoms with van der Waals surface area (Å²) < 4.78 is 6.20. The molecular formula is C28H32N4O5S. The standard InChI is InChI=1S/C28H32N4O5S/c1-16-17(2)26(35)24(18(3)25(16)34)28(4,5)14-23(33)31(6)11-8-12-32(7)27(36)37-19-9-10-20-21(13-19)38-22(15-29)30-20/h9-10,13,34-35H,2-3,8,11-12,14H2,1,4-7H3. The van der Waals surface area contributed by atoms with Crippen LogP contribution in [0.2, 0.25) is 0 Å². The third-order valence-electron chi connectivity index (χ3n) is 6.57. The molecule has 2 aromatic carbocycles. The van der Waals surface area contributed by atoms with Gasteiger partial charge >= 0.3 is 6.09 Å². The minimum atomic E-state index is -0.808. The first kappa shape index (κ1) is 28.5. The van der Waals surface area contributed by atoms with Crippen molar-refractivity contribution in [3.63, 3.8) is 0 Å². The molecule has 38 heavy (non-hydrogen) atoms. The molecule has 2 amide bonds. The van der Waals surface area contributed by atoms with Gasteiger partial charge in [0.1, 0.15) is 23.3 Å². The van der Waals surface area contributed by atoms with Gasteiger partial charge in [0.2, 0.25) is 5.91 Å². The number of rotatable bonds is 8. The molecule has 0 spiro atoms. The number of ether oxygens (including phenoxy) is 1. The smallest absolute Gasteiger partial charge is 0.414 e. The Kier molecular flexibility index (Phi) is 8.32. The molecule has 0 aliphatic rings. The van der Waals surface area contributed by atoms with E-state index in [2.05, 4.69) is 18.1 Å². The normalized spacial score (nSPS) is 11.3. The van der Waals surface area contributed by atoms with E-state index in [4.69, 9.17) is 10.00 Å². The molecule has 0 atom stereocenters. The summed E-state index contributed by atoms with van der Waals surface area (Å²) in [5, 5.41) is 31.0. The van der Waals surface area contributed by atoms with E-state index in [-0.39, 0.29) is 29.0 Å². The summed E-state index contributed by atoms with van der Waals surface area (Å²) in [5.74, 6) is 0.105. The monoisotopic (exact) mass is 536 g/mol. The summed E-state index contributed by atoms with van der Waals surface area (Å²) in [4.78, 5) is 32.7. The molecular weight excluding hydrogens is 504 g/mol. The number of amides is 2. The van der Waals surface area contributed by atoms with Crippen molar-refractivity contribution in [3.05, 3.63) is 44.8 Å². The summed E-state index contributed by atoms with van der Waals surface area (Å²) in [7, 11) is 3.30. The summed E-state index contributed by atoms with van der Waals surface area (Å²) >= 11 is 1.22. The topological polar surface area (TPSA) is 127 Å². The largest absolute Gasteiger partial charge is 0.507 e. The molecule has 1 aromatic heterocycles. The third-order valence-corrected chi connectivity index (χ3v) is 7.50. The number of aromatic nitrogens is 1. The fraction of sp³-hybridized carbons (Fsp3) is 0.357. The lowest BCUT2D eigenvalue weighted by molar-refractivity contribution is -0.131. The number of phenolic OH excluding ortho intramolecular Hbond substituents is 2. The third kappa shape index (κ3) is 5.89. The van der Waals surface area contributed by atoms with Gasteiger partial charge < -0.3 is 24.7 Å². The van der Waals surface area contributed by atoms with Gasteiger partial charge in [0.05, 0.1) is 10.2 Å². The lowest BCUT2D eigenvalue weighted by atomic mass is 9.78. The summed E-state index contributed by atoms with van der Waals surface area (Å²) in [6.45, 7) is 13.8. The number of carbonyl (C=O) groups excluding carboxylic acids is 2. The number of phenols is 2. The highest BCUT2D eigenvalue weighted by Gasteiger charge is 2.31. The Morgan fingerprint density at radius 3 is 2.45 bits per heavy atom. The lowest BCUT2D eigenvalue weighted by Crippen LogP contribution is -2.38. The molecule has 0 aliphatic carbocycles. The fourth-order valence-electron chi connectivity index (χ4n) is 4.25. The van der Waals surface area contributed by atoms with Gasteiger partial charge in [-0.2, -0.15) is 5.26 Å². The first-order chi connectivity index (χ1) is 17.8. The minimum Gasteiger partial charge on any atom is -0.507 e. The quantitative estimate of drug-likeness (QED) is 0.423. The van der Waals surface area contributed by atoms with Crippen LogP contribution in [0.3, 0.4) is 0 Å². The number of aromatic hydroxyl groups is 2. The highest BCUT2D eigenvalue weighted by atomic mass is 32.1. The Hall–Kier alpha value is -4.10. The van der Waals surface area contributed by atoms with Crippen molar-refractivity contribution < 1.29 is 24.5 Å². The van der Waals surface area contributed by atoms with E-state index >= 15 is 0 Å². The Morgan fingerprint density at radius 2 is 1.79 bits per heavy atom. The predicted molar refractivity (Wildman–Crippen MR) is 148 cm³/mol. The Bertz CT molecular complexity index is 1540. The van der Waals surface area contributed by atoms with E-state index in [0.717, 1.165) is 4.70 Å². The average molecular weight is 537 g/mol. The van der Waals surface area contributed by atoms with E-state index < -0.39 is 11.5 Å². The maximum atomic E-state index is 13.0. The Labute approximate surface area is 225 Å². The molecule has 0 unspecified atom stereocenters. The van der Waals surface area contributed by atoms with Gasteiger partial charge in [0.15, 0.2) is 5.01 Å². The number of carbonyl (C=O) groups is 2. The van der Waals surface area contributed by atoms with Crippen molar-refractivity contribution in [1.82, 2.24) is 14.8 Å². The molecule has 9 nitrogen and oxygen atoms in total. The maximum Gasteiger partial charge on any atom is 0.414 e. The second-order valence-electron chi connectivity index (χ2n) is 9.93. The summed E-state index contributed by atoms with van der Waals surface area (Å²) in [6, 6.07) is 7.01. The van der Waals surface area contributed by atoms with Gasteiger partial charge in [-0.15, -0.1) is 11.3 Å². The lowest BCUT2D eigenvalue weighted by Gasteiger charge is -2.29. The number of nitriles is 1. The van der Waals surface area contributed by atoms with E-state index in [1.165, 1.54) is 16.2 Å². The molecule has 0 fully saturated rings. The van der Waals surface area contributed by atoms with Crippen molar-refractivity contribution in [2.45, 2.75) is 39.0 Å². The van der Waals surface area contributed by atoms with Crippen LogP contribution in [0.1, 0.15) is 42.8 Å². The van der Waals surface area contributed by atoms with Crippen LogP contribution in [0, 0.1) is 18.3 Å². The molecule has 200 valence electrons. The number of hydrogen-bond donors (Lipinski definition) is 2. The molecule has 0 saturated carbocycles. The van der Waals surface area contributed by atoms with Crippen molar-refractivity contribution in [1.29, 1.82) is 5.26 Å². The number of hydrogen-bond acceptors (Lipinski definition) is 8. The number of thiazole rings is 1.